The van der Waals surface area contributed by atoms with Crippen LogP contribution in [0.5, 0.6) is 0 Å². The van der Waals surface area contributed by atoms with Gasteiger partial charge in [0.2, 0.25) is 0 Å². The van der Waals surface area contributed by atoms with E-state index in [0.29, 0.717) is 0 Å². The highest BCUT2D eigenvalue weighted by molar-refractivity contribution is 5.98. The lowest BCUT2D eigenvalue weighted by Crippen LogP contribution is -2.34. The Balaban J connectivity index is 2.75. The zero-order chi connectivity index (χ0) is 20.3. The van der Waals surface area contributed by atoms with Crippen molar-refractivity contribution in [3.05, 3.63) is 75.1 Å². The standard InChI is InChI=1S/C18H18N2O7/c1-4-8-27-19-10(2)14(17(21)22)16(15(11(19)3)18(23)24)12-6-5-7-13(9-12)20(25)26/h4-7,9,16H,1,8H2,2-3H3,(H,21,22)(H,23,24). The number of carboxylic acids is 2. The minimum atomic E-state index is -1.34. The molecular weight excluding hydrogens is 356 g/mol. The molecule has 0 atom stereocenters. The first kappa shape index (κ1) is 19.9. The van der Waals surface area contributed by atoms with Crippen molar-refractivity contribution in [2.45, 2.75) is 19.8 Å². The molecule has 0 fully saturated rings. The van der Waals surface area contributed by atoms with E-state index >= 15 is 0 Å². The van der Waals surface area contributed by atoms with Gasteiger partial charge in [0.1, 0.15) is 0 Å². The maximum Gasteiger partial charge on any atom is 0.334 e. The summed E-state index contributed by atoms with van der Waals surface area (Å²) in [4.78, 5) is 39.8. The second kappa shape index (κ2) is 7.83. The summed E-state index contributed by atoms with van der Waals surface area (Å²) >= 11 is 0. The van der Waals surface area contributed by atoms with E-state index in [-0.39, 0.29) is 40.4 Å². The van der Waals surface area contributed by atoms with Gasteiger partial charge < -0.3 is 10.2 Å². The molecular formula is C18H18N2O7. The first-order valence-electron chi connectivity index (χ1n) is 7.87. The van der Waals surface area contributed by atoms with E-state index in [2.05, 4.69) is 6.58 Å². The zero-order valence-electron chi connectivity index (χ0n) is 14.7. The Labute approximate surface area is 154 Å². The molecule has 0 saturated heterocycles. The number of nitro benzene ring substituents is 1. The molecule has 0 radical (unpaired) electrons. The molecule has 142 valence electrons. The van der Waals surface area contributed by atoms with Crippen LogP contribution in [0.15, 0.2) is 59.5 Å². The van der Waals surface area contributed by atoms with Crippen molar-refractivity contribution in [2.24, 2.45) is 0 Å². The molecule has 1 heterocycles. The van der Waals surface area contributed by atoms with E-state index in [9.17, 15) is 29.9 Å². The van der Waals surface area contributed by atoms with Gasteiger partial charge in [-0.2, -0.15) is 0 Å². The third-order valence-electron chi connectivity index (χ3n) is 4.16. The Bertz CT molecular complexity index is 847. The molecule has 0 unspecified atom stereocenters. The summed E-state index contributed by atoms with van der Waals surface area (Å²) in [5.74, 6) is -3.88. The lowest BCUT2D eigenvalue weighted by Gasteiger charge is -2.35. The number of carbonyl (C=O) groups is 2. The summed E-state index contributed by atoms with van der Waals surface area (Å²) in [6, 6.07) is 5.28. The van der Waals surface area contributed by atoms with E-state index in [1.165, 1.54) is 44.2 Å². The summed E-state index contributed by atoms with van der Waals surface area (Å²) in [5.41, 5.74) is -0.166. The number of aliphatic carboxylic acids is 2. The van der Waals surface area contributed by atoms with Crippen molar-refractivity contribution >= 4 is 17.6 Å². The first-order valence-corrected chi connectivity index (χ1v) is 7.87. The predicted molar refractivity (Wildman–Crippen MR) is 94.5 cm³/mol. The molecule has 2 rings (SSSR count). The van der Waals surface area contributed by atoms with Gasteiger partial charge in [-0.05, 0) is 19.4 Å². The lowest BCUT2D eigenvalue weighted by atomic mass is 9.80. The number of nitrogens with zero attached hydrogens (tertiary/aromatic N) is 2. The van der Waals surface area contributed by atoms with Crippen molar-refractivity contribution in [1.82, 2.24) is 5.06 Å². The number of carboxylic acid groups (broad SMARTS) is 2. The number of rotatable bonds is 7. The Morgan fingerprint density at radius 1 is 1.26 bits per heavy atom. The second-order valence-corrected chi connectivity index (χ2v) is 5.77. The van der Waals surface area contributed by atoms with Gasteiger partial charge in [-0.15, -0.1) is 6.58 Å². The molecule has 0 saturated carbocycles. The highest BCUT2D eigenvalue weighted by Crippen LogP contribution is 2.42. The summed E-state index contributed by atoms with van der Waals surface area (Å²) < 4.78 is 0. The molecule has 1 aliphatic heterocycles. The van der Waals surface area contributed by atoms with Crippen LogP contribution in [-0.2, 0) is 14.4 Å². The molecule has 0 aliphatic carbocycles. The fourth-order valence-corrected chi connectivity index (χ4v) is 3.06. The molecule has 0 bridgehead atoms. The molecule has 9 heteroatoms. The smallest absolute Gasteiger partial charge is 0.334 e. The van der Waals surface area contributed by atoms with Gasteiger partial charge in [0, 0.05) is 12.1 Å². The number of hydrogen-bond acceptors (Lipinski definition) is 6. The average molecular weight is 374 g/mol. The molecule has 1 aromatic carbocycles. The molecule has 9 nitrogen and oxygen atoms in total. The van der Waals surface area contributed by atoms with E-state index in [1.54, 1.807) is 0 Å². The maximum absolute atomic E-state index is 12.0. The van der Waals surface area contributed by atoms with Crippen LogP contribution < -0.4 is 0 Å². The molecule has 2 N–H and O–H groups in total. The number of non-ortho nitro benzene ring substituents is 1. The van der Waals surface area contributed by atoms with Crippen LogP contribution in [-0.4, -0.2) is 38.7 Å². The first-order chi connectivity index (χ1) is 12.7. The van der Waals surface area contributed by atoms with E-state index in [1.807, 2.05) is 0 Å². The van der Waals surface area contributed by atoms with Crippen LogP contribution >= 0.6 is 0 Å². The van der Waals surface area contributed by atoms with Gasteiger partial charge in [0.05, 0.1) is 40.0 Å². The van der Waals surface area contributed by atoms with E-state index in [4.69, 9.17) is 4.84 Å². The van der Waals surface area contributed by atoms with Crippen LogP contribution in [0.4, 0.5) is 5.69 Å². The van der Waals surface area contributed by atoms with Crippen LogP contribution in [0.2, 0.25) is 0 Å². The van der Waals surface area contributed by atoms with Crippen molar-refractivity contribution in [3.63, 3.8) is 0 Å². The predicted octanol–water partition coefficient (Wildman–Crippen LogP) is 2.83. The highest BCUT2D eigenvalue weighted by atomic mass is 16.7. The topological polar surface area (TPSA) is 130 Å². The molecule has 0 aromatic heterocycles. The Morgan fingerprint density at radius 3 is 2.26 bits per heavy atom. The van der Waals surface area contributed by atoms with Crippen molar-refractivity contribution in [1.29, 1.82) is 0 Å². The monoisotopic (exact) mass is 374 g/mol. The zero-order valence-corrected chi connectivity index (χ0v) is 14.7. The Hall–Kier alpha value is -3.46. The van der Waals surface area contributed by atoms with Crippen molar-refractivity contribution < 1.29 is 29.6 Å². The van der Waals surface area contributed by atoms with Crippen LogP contribution in [0.3, 0.4) is 0 Å². The fourth-order valence-electron chi connectivity index (χ4n) is 3.06. The van der Waals surface area contributed by atoms with Crippen LogP contribution in [0, 0.1) is 10.1 Å². The van der Waals surface area contributed by atoms with Gasteiger partial charge in [0.15, 0.2) is 0 Å². The summed E-state index contributed by atoms with van der Waals surface area (Å²) in [7, 11) is 0. The Morgan fingerprint density at radius 2 is 1.81 bits per heavy atom. The molecule has 0 spiro atoms. The molecule has 1 aliphatic rings. The number of nitro groups is 1. The lowest BCUT2D eigenvalue weighted by molar-refractivity contribution is -0.384. The normalized spacial score (nSPS) is 15.1. The third-order valence-corrected chi connectivity index (χ3v) is 4.16. The number of hydrogen-bond donors (Lipinski definition) is 2. The highest BCUT2D eigenvalue weighted by Gasteiger charge is 2.40. The minimum absolute atomic E-state index is 0.0377. The molecule has 27 heavy (non-hydrogen) atoms. The summed E-state index contributed by atoms with van der Waals surface area (Å²) in [6.45, 7) is 6.52. The van der Waals surface area contributed by atoms with Crippen molar-refractivity contribution in [2.75, 3.05) is 6.61 Å². The van der Waals surface area contributed by atoms with Crippen LogP contribution in [0.1, 0.15) is 25.3 Å². The average Bonchev–Trinajstić information content (AvgIpc) is 2.60. The van der Waals surface area contributed by atoms with Gasteiger partial charge in [0.25, 0.3) is 5.69 Å². The Kier molecular flexibility index (Phi) is 5.76. The number of benzene rings is 1. The van der Waals surface area contributed by atoms with E-state index < -0.39 is 22.8 Å². The van der Waals surface area contributed by atoms with Crippen LogP contribution in [0.25, 0.3) is 0 Å². The molecule has 0 amide bonds. The van der Waals surface area contributed by atoms with Crippen molar-refractivity contribution in [3.8, 4) is 0 Å². The quantitative estimate of drug-likeness (QED) is 0.423. The molecule has 1 aromatic rings. The summed E-state index contributed by atoms with van der Waals surface area (Å²) in [6.07, 6.45) is 1.44. The van der Waals surface area contributed by atoms with Gasteiger partial charge in [-0.25, -0.2) is 14.7 Å². The SMILES string of the molecule is C=CCON1C(C)=C(C(=O)O)C(c2cccc([N+](=O)[O-])c2)C(C(=O)O)=C1C. The van der Waals surface area contributed by atoms with Gasteiger partial charge in [-0.1, -0.05) is 18.2 Å². The van der Waals surface area contributed by atoms with Gasteiger partial charge in [-0.3, -0.25) is 15.0 Å². The van der Waals surface area contributed by atoms with E-state index in [0.717, 1.165) is 5.06 Å². The second-order valence-electron chi connectivity index (χ2n) is 5.77. The maximum atomic E-state index is 12.0. The third kappa shape index (κ3) is 3.72. The number of hydroxylamine groups is 2. The summed E-state index contributed by atoms with van der Waals surface area (Å²) in [5, 5.41) is 31.7. The number of allylic oxidation sites excluding steroid dienone is 2. The largest absolute Gasteiger partial charge is 0.478 e. The fraction of sp³-hybridized carbons (Fsp3) is 0.222. The minimum Gasteiger partial charge on any atom is -0.478 e. The van der Waals surface area contributed by atoms with Gasteiger partial charge >= 0.3 is 11.9 Å².